The van der Waals surface area contributed by atoms with Gasteiger partial charge in [0.1, 0.15) is 0 Å². The van der Waals surface area contributed by atoms with E-state index in [9.17, 15) is 5.11 Å². The first-order valence-corrected chi connectivity index (χ1v) is 9.55. The van der Waals surface area contributed by atoms with Crippen molar-refractivity contribution in [2.24, 2.45) is 10.9 Å². The fraction of sp³-hybridized carbons (Fsp3) is 0.944. The molecule has 7 nitrogen and oxygen atoms in total. The Morgan fingerprint density at radius 1 is 1.28 bits per heavy atom. The zero-order valence-corrected chi connectivity index (χ0v) is 16.5. The van der Waals surface area contributed by atoms with Crippen molar-refractivity contribution < 1.29 is 14.6 Å². The monoisotopic (exact) mass is 358 g/mol. The van der Waals surface area contributed by atoms with Crippen LogP contribution in [0.15, 0.2) is 4.99 Å². The zero-order valence-electron chi connectivity index (χ0n) is 16.5. The highest BCUT2D eigenvalue weighted by atomic mass is 16.5. The lowest BCUT2D eigenvalue weighted by molar-refractivity contribution is -0.0180. The minimum atomic E-state index is -0.854. The molecule has 0 bridgehead atoms. The van der Waals surface area contributed by atoms with Crippen LogP contribution in [0, 0.1) is 5.92 Å². The maximum Gasteiger partial charge on any atom is 0.191 e. The Morgan fingerprint density at radius 3 is 2.64 bits per heavy atom. The highest BCUT2D eigenvalue weighted by molar-refractivity contribution is 5.79. The van der Waals surface area contributed by atoms with Crippen LogP contribution >= 0.6 is 0 Å². The largest absolute Gasteiger partial charge is 0.387 e. The van der Waals surface area contributed by atoms with E-state index in [1.165, 1.54) is 0 Å². The molecule has 0 amide bonds. The summed E-state index contributed by atoms with van der Waals surface area (Å²) in [6.07, 6.45) is 1.08. The van der Waals surface area contributed by atoms with Crippen LogP contribution in [0.3, 0.4) is 0 Å². The van der Waals surface area contributed by atoms with Gasteiger partial charge in [0.15, 0.2) is 5.96 Å². The van der Waals surface area contributed by atoms with Gasteiger partial charge in [0.2, 0.25) is 0 Å². The fourth-order valence-electron chi connectivity index (χ4n) is 2.54. The van der Waals surface area contributed by atoms with E-state index >= 15 is 0 Å². The third-order valence-electron chi connectivity index (χ3n) is 3.97. The molecule has 1 saturated heterocycles. The number of ether oxygens (including phenoxy) is 2. The number of nitrogens with one attached hydrogen (secondary N) is 2. The molecule has 0 aromatic rings. The predicted octanol–water partition coefficient (Wildman–Crippen LogP) is 0.687. The van der Waals surface area contributed by atoms with Gasteiger partial charge in [0, 0.05) is 39.3 Å². The Morgan fingerprint density at radius 2 is 2.00 bits per heavy atom. The summed E-state index contributed by atoms with van der Waals surface area (Å²) in [6, 6.07) is 0. The number of aliphatic imine (C=N–C) groups is 1. The van der Waals surface area contributed by atoms with Gasteiger partial charge >= 0.3 is 0 Å². The van der Waals surface area contributed by atoms with Gasteiger partial charge in [0.25, 0.3) is 0 Å². The molecule has 148 valence electrons. The van der Waals surface area contributed by atoms with Crippen LogP contribution in [0.2, 0.25) is 0 Å². The maximum absolute atomic E-state index is 10.6. The SMILES string of the molecule is CCNC(=NCC(C)(O)CN1CCOCC1)NCCOCCC(C)C. The van der Waals surface area contributed by atoms with Crippen molar-refractivity contribution in [2.75, 3.05) is 65.7 Å². The third kappa shape index (κ3) is 11.4. The maximum atomic E-state index is 10.6. The molecule has 0 aromatic carbocycles. The number of hydrogen-bond acceptors (Lipinski definition) is 5. The van der Waals surface area contributed by atoms with E-state index in [0.717, 1.165) is 51.8 Å². The molecule has 1 atom stereocenters. The van der Waals surface area contributed by atoms with E-state index in [2.05, 4.69) is 34.4 Å². The first kappa shape index (κ1) is 22.2. The third-order valence-corrected chi connectivity index (χ3v) is 3.97. The van der Waals surface area contributed by atoms with Crippen LogP contribution in [-0.2, 0) is 9.47 Å². The van der Waals surface area contributed by atoms with Gasteiger partial charge in [0.05, 0.1) is 32.0 Å². The molecule has 0 saturated carbocycles. The second kappa shape index (κ2) is 12.5. The standard InChI is InChI=1S/C18H38N4O3/c1-5-19-17(20-7-11-24-10-6-16(2)3)21-14-18(4,23)15-22-8-12-25-13-9-22/h16,23H,5-15H2,1-4H3,(H2,19,20,21). The fourth-order valence-corrected chi connectivity index (χ4v) is 2.54. The molecule has 1 aliphatic rings. The molecule has 25 heavy (non-hydrogen) atoms. The molecular formula is C18H38N4O3. The topological polar surface area (TPSA) is 78.4 Å². The number of aliphatic hydroxyl groups is 1. The number of rotatable bonds is 11. The molecule has 3 N–H and O–H groups in total. The lowest BCUT2D eigenvalue weighted by atomic mass is 10.1. The summed E-state index contributed by atoms with van der Waals surface area (Å²) in [5.41, 5.74) is -0.854. The molecule has 0 aromatic heterocycles. The van der Waals surface area contributed by atoms with E-state index in [0.29, 0.717) is 32.2 Å². The van der Waals surface area contributed by atoms with Gasteiger partial charge in [-0.15, -0.1) is 0 Å². The van der Waals surface area contributed by atoms with E-state index < -0.39 is 5.60 Å². The summed E-state index contributed by atoms with van der Waals surface area (Å²) in [4.78, 5) is 6.75. The van der Waals surface area contributed by atoms with Gasteiger partial charge in [-0.25, -0.2) is 0 Å². The average molecular weight is 359 g/mol. The van der Waals surface area contributed by atoms with Gasteiger partial charge < -0.3 is 25.2 Å². The van der Waals surface area contributed by atoms with E-state index in [1.54, 1.807) is 0 Å². The molecule has 1 rings (SSSR count). The van der Waals surface area contributed by atoms with Crippen LogP contribution < -0.4 is 10.6 Å². The van der Waals surface area contributed by atoms with Crippen molar-refractivity contribution in [3.8, 4) is 0 Å². The first-order valence-electron chi connectivity index (χ1n) is 9.55. The minimum Gasteiger partial charge on any atom is -0.387 e. The van der Waals surface area contributed by atoms with Crippen molar-refractivity contribution in [1.82, 2.24) is 15.5 Å². The Bertz CT molecular complexity index is 369. The molecule has 0 aliphatic carbocycles. The summed E-state index contributed by atoms with van der Waals surface area (Å²) in [5.74, 6) is 1.39. The number of morpholine rings is 1. The lowest BCUT2D eigenvalue weighted by Crippen LogP contribution is -2.48. The number of hydrogen-bond donors (Lipinski definition) is 3. The molecule has 0 radical (unpaired) electrons. The second-order valence-electron chi connectivity index (χ2n) is 7.30. The Kier molecular flexibility index (Phi) is 11.0. The molecule has 1 heterocycles. The number of guanidine groups is 1. The summed E-state index contributed by atoms with van der Waals surface area (Å²) in [5, 5.41) is 17.1. The van der Waals surface area contributed by atoms with Crippen molar-refractivity contribution >= 4 is 5.96 Å². The quantitative estimate of drug-likeness (QED) is 0.287. The van der Waals surface area contributed by atoms with Gasteiger partial charge in [-0.05, 0) is 26.2 Å². The van der Waals surface area contributed by atoms with Crippen molar-refractivity contribution in [2.45, 2.75) is 39.7 Å². The molecular weight excluding hydrogens is 320 g/mol. The number of nitrogens with zero attached hydrogens (tertiary/aromatic N) is 2. The Hall–Kier alpha value is -0.890. The van der Waals surface area contributed by atoms with Crippen LogP contribution in [0.1, 0.15) is 34.1 Å². The van der Waals surface area contributed by atoms with E-state index in [-0.39, 0.29) is 0 Å². The number of β-amino-alcohol motifs (C(OH)–C–C–N with tert-alkyl or cyclic N) is 1. The van der Waals surface area contributed by atoms with Gasteiger partial charge in [-0.1, -0.05) is 13.8 Å². The summed E-state index contributed by atoms with van der Waals surface area (Å²) >= 11 is 0. The summed E-state index contributed by atoms with van der Waals surface area (Å²) in [6.45, 7) is 15.4. The first-order chi connectivity index (χ1) is 11.9. The highest BCUT2D eigenvalue weighted by Crippen LogP contribution is 2.09. The average Bonchev–Trinajstić information content (AvgIpc) is 2.56. The highest BCUT2D eigenvalue weighted by Gasteiger charge is 2.25. The van der Waals surface area contributed by atoms with Crippen molar-refractivity contribution in [1.29, 1.82) is 0 Å². The molecule has 1 unspecified atom stereocenters. The summed E-state index contributed by atoms with van der Waals surface area (Å²) < 4.78 is 11.0. The van der Waals surface area contributed by atoms with Crippen LogP contribution in [0.5, 0.6) is 0 Å². The molecule has 1 fully saturated rings. The van der Waals surface area contributed by atoms with Gasteiger partial charge in [-0.2, -0.15) is 0 Å². The van der Waals surface area contributed by atoms with Crippen molar-refractivity contribution in [3.63, 3.8) is 0 Å². The normalized spacial score (nSPS) is 19.0. The van der Waals surface area contributed by atoms with Gasteiger partial charge in [-0.3, -0.25) is 9.89 Å². The van der Waals surface area contributed by atoms with E-state index in [4.69, 9.17) is 9.47 Å². The molecule has 0 spiro atoms. The molecule has 7 heteroatoms. The van der Waals surface area contributed by atoms with E-state index in [1.807, 2.05) is 13.8 Å². The van der Waals surface area contributed by atoms with Crippen LogP contribution in [0.25, 0.3) is 0 Å². The van der Waals surface area contributed by atoms with Crippen LogP contribution in [-0.4, -0.2) is 87.3 Å². The second-order valence-corrected chi connectivity index (χ2v) is 7.30. The minimum absolute atomic E-state index is 0.355. The molecule has 1 aliphatic heterocycles. The lowest BCUT2D eigenvalue weighted by Gasteiger charge is -2.33. The van der Waals surface area contributed by atoms with Crippen LogP contribution in [0.4, 0.5) is 0 Å². The van der Waals surface area contributed by atoms with Crippen molar-refractivity contribution in [3.05, 3.63) is 0 Å². The summed E-state index contributed by atoms with van der Waals surface area (Å²) in [7, 11) is 0. The predicted molar refractivity (Wildman–Crippen MR) is 102 cm³/mol. The smallest absolute Gasteiger partial charge is 0.191 e. The zero-order chi connectivity index (χ0) is 18.5. The Labute approximate surface area is 153 Å². The Balaban J connectivity index is 2.31.